The van der Waals surface area contributed by atoms with E-state index >= 15 is 0 Å². The number of carbonyl (C=O) groups excluding carboxylic acids is 1. The molecule has 0 aliphatic carbocycles. The van der Waals surface area contributed by atoms with Crippen LogP contribution >= 0.6 is 0 Å². The summed E-state index contributed by atoms with van der Waals surface area (Å²) < 4.78 is 5.18. The van der Waals surface area contributed by atoms with Crippen LogP contribution in [0.1, 0.15) is 17.0 Å². The van der Waals surface area contributed by atoms with Crippen molar-refractivity contribution in [2.24, 2.45) is 0 Å². The van der Waals surface area contributed by atoms with Crippen molar-refractivity contribution in [2.45, 2.75) is 18.5 Å². The summed E-state index contributed by atoms with van der Waals surface area (Å²) in [5, 5.41) is 11.8. The molecule has 4 heterocycles. The van der Waals surface area contributed by atoms with Gasteiger partial charge < -0.3 is 19.9 Å². The molecule has 2 aliphatic rings. The van der Waals surface area contributed by atoms with Crippen molar-refractivity contribution in [1.82, 2.24) is 25.0 Å². The minimum absolute atomic E-state index is 0.0489. The first kappa shape index (κ1) is 20.7. The molecule has 4 aromatic rings. The van der Waals surface area contributed by atoms with E-state index in [2.05, 4.69) is 62.8 Å². The first-order valence-electron chi connectivity index (χ1n) is 11.4. The van der Waals surface area contributed by atoms with E-state index in [1.165, 1.54) is 5.56 Å². The van der Waals surface area contributed by atoms with Crippen molar-refractivity contribution in [3.05, 3.63) is 71.9 Å². The van der Waals surface area contributed by atoms with Gasteiger partial charge in [-0.05, 0) is 36.4 Å². The minimum atomic E-state index is -0.0489. The number of anilines is 1. The van der Waals surface area contributed by atoms with Gasteiger partial charge in [-0.1, -0.05) is 30.3 Å². The van der Waals surface area contributed by atoms with Crippen molar-refractivity contribution < 1.29 is 9.53 Å². The van der Waals surface area contributed by atoms with Gasteiger partial charge in [0.15, 0.2) is 0 Å². The molecule has 0 unspecified atom stereocenters. The third-order valence-electron chi connectivity index (χ3n) is 6.95. The molecule has 2 aromatic heterocycles. The molecule has 1 saturated heterocycles. The molecule has 34 heavy (non-hydrogen) atoms. The van der Waals surface area contributed by atoms with Crippen LogP contribution in [0.5, 0.6) is 5.88 Å². The van der Waals surface area contributed by atoms with E-state index in [1.807, 2.05) is 29.2 Å². The van der Waals surface area contributed by atoms with Crippen LogP contribution in [-0.4, -0.2) is 64.3 Å². The third-order valence-corrected chi connectivity index (χ3v) is 6.95. The number of hydrogen-bond acceptors (Lipinski definition) is 5. The fraction of sp³-hybridized carbons (Fsp3) is 0.269. The van der Waals surface area contributed by atoms with Gasteiger partial charge in [0.25, 0.3) is 0 Å². The molecule has 0 radical (unpaired) electrons. The Kier molecular flexibility index (Phi) is 4.95. The zero-order valence-corrected chi connectivity index (χ0v) is 19.2. The predicted molar refractivity (Wildman–Crippen MR) is 131 cm³/mol. The van der Waals surface area contributed by atoms with Crippen molar-refractivity contribution in [3.63, 3.8) is 0 Å². The van der Waals surface area contributed by atoms with Crippen LogP contribution in [0.3, 0.4) is 0 Å². The summed E-state index contributed by atoms with van der Waals surface area (Å²) in [4.78, 5) is 21.8. The fourth-order valence-electron chi connectivity index (χ4n) is 5.25. The zero-order chi connectivity index (χ0) is 23.2. The molecule has 6 rings (SSSR count). The first-order chi connectivity index (χ1) is 16.6. The van der Waals surface area contributed by atoms with E-state index in [-0.39, 0.29) is 18.0 Å². The molecule has 172 valence electrons. The smallest absolute Gasteiger partial charge is 0.322 e. The Morgan fingerprint density at radius 2 is 1.94 bits per heavy atom. The highest BCUT2D eigenvalue weighted by Crippen LogP contribution is 2.37. The van der Waals surface area contributed by atoms with Gasteiger partial charge in [0.2, 0.25) is 5.88 Å². The van der Waals surface area contributed by atoms with Crippen LogP contribution in [0.2, 0.25) is 0 Å². The number of likely N-dealkylation sites (tertiary alicyclic amines) is 1. The summed E-state index contributed by atoms with van der Waals surface area (Å²) >= 11 is 0. The number of rotatable bonds is 4. The molecule has 1 fully saturated rings. The van der Waals surface area contributed by atoms with Gasteiger partial charge in [-0.15, -0.1) is 0 Å². The lowest BCUT2D eigenvalue weighted by atomic mass is 9.92. The van der Waals surface area contributed by atoms with E-state index in [9.17, 15) is 4.79 Å². The Morgan fingerprint density at radius 1 is 1.09 bits per heavy atom. The number of amides is 2. The van der Waals surface area contributed by atoms with Gasteiger partial charge in [-0.25, -0.2) is 9.78 Å². The maximum Gasteiger partial charge on any atom is 0.322 e. The maximum atomic E-state index is 13.2. The summed E-state index contributed by atoms with van der Waals surface area (Å²) in [6, 6.07) is 18.4. The van der Waals surface area contributed by atoms with E-state index in [0.29, 0.717) is 12.4 Å². The molecule has 0 saturated carbocycles. The highest BCUT2D eigenvalue weighted by atomic mass is 16.5. The van der Waals surface area contributed by atoms with Crippen LogP contribution in [0.25, 0.3) is 22.2 Å². The molecular formula is C26H26N6O2. The largest absolute Gasteiger partial charge is 0.481 e. The van der Waals surface area contributed by atoms with Crippen LogP contribution in [0.15, 0.2) is 60.8 Å². The molecule has 0 bridgehead atoms. The number of likely N-dealkylation sites (N-methyl/N-ethyl adjacent to an activating group) is 1. The van der Waals surface area contributed by atoms with Crippen molar-refractivity contribution in [1.29, 1.82) is 0 Å². The number of nitrogens with one attached hydrogen (secondary N) is 2. The first-order valence-corrected chi connectivity index (χ1v) is 11.4. The number of nitrogens with zero attached hydrogens (tertiary/aromatic N) is 4. The maximum absolute atomic E-state index is 13.2. The molecule has 2 atom stereocenters. The van der Waals surface area contributed by atoms with Gasteiger partial charge in [0.05, 0.1) is 18.7 Å². The summed E-state index contributed by atoms with van der Waals surface area (Å²) in [5.74, 6) is 0.839. The Bertz CT molecular complexity index is 1350. The summed E-state index contributed by atoms with van der Waals surface area (Å²) in [5.41, 5.74) is 5.80. The van der Waals surface area contributed by atoms with Gasteiger partial charge >= 0.3 is 6.03 Å². The number of carbonyl (C=O) groups is 1. The highest BCUT2D eigenvalue weighted by Gasteiger charge is 2.40. The monoisotopic (exact) mass is 454 g/mol. The highest BCUT2D eigenvalue weighted by molar-refractivity contribution is 6.00. The number of methoxy groups -OCH3 is 1. The Morgan fingerprint density at radius 3 is 2.71 bits per heavy atom. The van der Waals surface area contributed by atoms with Crippen molar-refractivity contribution >= 4 is 22.6 Å². The van der Waals surface area contributed by atoms with Gasteiger partial charge in [-0.2, -0.15) is 5.10 Å². The third kappa shape index (κ3) is 3.47. The SMILES string of the molecule is COc1ccc(-c2n[nH]c3cc4c(cc23)CN([C@@H]2CN(C)C[C@H]2c2ccccc2)C(=O)N4)cn1. The second kappa shape index (κ2) is 8.14. The zero-order valence-electron chi connectivity index (χ0n) is 19.2. The number of urea groups is 1. The second-order valence-corrected chi connectivity index (χ2v) is 9.08. The van der Waals surface area contributed by atoms with E-state index in [1.54, 1.807) is 13.3 Å². The van der Waals surface area contributed by atoms with Gasteiger partial charge in [0, 0.05) is 54.5 Å². The van der Waals surface area contributed by atoms with Gasteiger partial charge in [0.1, 0.15) is 5.69 Å². The number of aromatic amines is 1. The number of fused-ring (bicyclic) bond motifs is 2. The summed E-state index contributed by atoms with van der Waals surface area (Å²) in [6.07, 6.45) is 1.76. The average molecular weight is 455 g/mol. The normalized spacial score (nSPS) is 20.4. The summed E-state index contributed by atoms with van der Waals surface area (Å²) in [7, 11) is 3.72. The lowest BCUT2D eigenvalue weighted by Crippen LogP contribution is -2.48. The predicted octanol–water partition coefficient (Wildman–Crippen LogP) is 4.08. The Balaban J connectivity index is 1.35. The quantitative estimate of drug-likeness (QED) is 0.485. The van der Waals surface area contributed by atoms with Crippen LogP contribution in [0.4, 0.5) is 10.5 Å². The molecule has 2 aliphatic heterocycles. The lowest BCUT2D eigenvalue weighted by Gasteiger charge is -2.36. The molecular weight excluding hydrogens is 428 g/mol. The topological polar surface area (TPSA) is 86.4 Å². The molecule has 8 nitrogen and oxygen atoms in total. The summed E-state index contributed by atoms with van der Waals surface area (Å²) in [6.45, 7) is 2.34. The van der Waals surface area contributed by atoms with Crippen LogP contribution in [-0.2, 0) is 6.54 Å². The van der Waals surface area contributed by atoms with Crippen molar-refractivity contribution in [3.8, 4) is 17.1 Å². The number of aromatic nitrogens is 3. The Hall–Kier alpha value is -3.91. The van der Waals surface area contributed by atoms with Crippen LogP contribution in [0, 0.1) is 0 Å². The minimum Gasteiger partial charge on any atom is -0.481 e. The van der Waals surface area contributed by atoms with E-state index in [0.717, 1.165) is 46.5 Å². The van der Waals surface area contributed by atoms with Gasteiger partial charge in [-0.3, -0.25) is 5.10 Å². The Labute approximate surface area is 197 Å². The standard InChI is InChI=1S/C26H26N6O2/c1-31-14-20(16-6-4-3-5-7-16)23(15-31)32-13-18-10-19-22(11-21(18)28-26(32)33)29-30-25(19)17-8-9-24(34-2)27-12-17/h3-12,20,23H,13-15H2,1-2H3,(H,28,33)(H,29,30)/t20-,23+/m0/s1. The number of hydrogen-bond donors (Lipinski definition) is 2. The van der Waals surface area contributed by atoms with Crippen LogP contribution < -0.4 is 10.1 Å². The van der Waals surface area contributed by atoms with E-state index < -0.39 is 0 Å². The number of benzene rings is 2. The fourth-order valence-corrected chi connectivity index (χ4v) is 5.25. The van der Waals surface area contributed by atoms with E-state index in [4.69, 9.17) is 4.74 Å². The number of pyridine rings is 1. The second-order valence-electron chi connectivity index (χ2n) is 9.08. The average Bonchev–Trinajstić information content (AvgIpc) is 3.46. The number of ether oxygens (including phenoxy) is 1. The van der Waals surface area contributed by atoms with Crippen molar-refractivity contribution in [2.75, 3.05) is 32.6 Å². The number of H-pyrrole nitrogens is 1. The molecule has 2 N–H and O–H groups in total. The molecule has 0 spiro atoms. The lowest BCUT2D eigenvalue weighted by molar-refractivity contribution is 0.177. The molecule has 8 heteroatoms. The molecule has 2 aromatic carbocycles. The molecule has 2 amide bonds.